The lowest BCUT2D eigenvalue weighted by molar-refractivity contribution is -0.145. The fraction of sp³-hybridized carbons (Fsp3) is 0.667. The molecular weight excluding hydrogens is 310 g/mol. The second-order valence-electron chi connectivity index (χ2n) is 5.14. The molecule has 0 amide bonds. The number of nitrogens with one attached hydrogen (secondary N) is 1. The summed E-state index contributed by atoms with van der Waals surface area (Å²) in [5.41, 5.74) is 2.90. The summed E-state index contributed by atoms with van der Waals surface area (Å²) in [7, 11) is 0. The molecule has 140 valence electrons. The van der Waals surface area contributed by atoms with Crippen LogP contribution in [0.5, 0.6) is 0 Å². The zero-order chi connectivity index (χ0) is 18.0. The van der Waals surface area contributed by atoms with Crippen molar-refractivity contribution in [2.24, 2.45) is 0 Å². The highest BCUT2D eigenvalue weighted by Gasteiger charge is 2.31. The summed E-state index contributed by atoms with van der Waals surface area (Å²) in [4.78, 5) is 5.38. The van der Waals surface area contributed by atoms with E-state index in [2.05, 4.69) is 32.1 Å². The highest BCUT2D eigenvalue weighted by atomic mass is 16.6. The SMILES string of the molecule is C=CCO[C@H]([C@H](CNOCCCC)OCC=C)[C@@H](CO)OCC=C. The van der Waals surface area contributed by atoms with E-state index in [-0.39, 0.29) is 12.7 Å². The number of hydrogen-bond donors (Lipinski definition) is 2. The first-order valence-corrected chi connectivity index (χ1v) is 8.38. The fourth-order valence-electron chi connectivity index (χ4n) is 1.97. The molecule has 0 spiro atoms. The monoisotopic (exact) mass is 343 g/mol. The molecule has 0 unspecified atom stereocenters. The summed E-state index contributed by atoms with van der Waals surface area (Å²) >= 11 is 0. The molecule has 0 rings (SSSR count). The predicted molar refractivity (Wildman–Crippen MR) is 95.8 cm³/mol. The Kier molecular flexibility index (Phi) is 16.1. The van der Waals surface area contributed by atoms with Crippen LogP contribution in [0.15, 0.2) is 38.0 Å². The van der Waals surface area contributed by atoms with Crippen LogP contribution in [-0.4, -0.2) is 63.0 Å². The average Bonchev–Trinajstić information content (AvgIpc) is 2.60. The van der Waals surface area contributed by atoms with Gasteiger partial charge in [0.1, 0.15) is 18.3 Å². The van der Waals surface area contributed by atoms with Gasteiger partial charge in [-0.3, -0.25) is 0 Å². The quantitative estimate of drug-likeness (QED) is 0.225. The van der Waals surface area contributed by atoms with Gasteiger partial charge in [0.05, 0.1) is 33.0 Å². The Morgan fingerprint density at radius 3 is 2.08 bits per heavy atom. The lowest BCUT2D eigenvalue weighted by Crippen LogP contribution is -2.49. The molecule has 6 heteroatoms. The number of rotatable bonds is 18. The summed E-state index contributed by atoms with van der Waals surface area (Å²) in [5, 5.41) is 9.65. The van der Waals surface area contributed by atoms with Crippen LogP contribution in [0.4, 0.5) is 0 Å². The molecular formula is C18H33NO5. The van der Waals surface area contributed by atoms with E-state index in [1.54, 1.807) is 18.2 Å². The Labute approximate surface area is 146 Å². The first-order chi connectivity index (χ1) is 11.7. The van der Waals surface area contributed by atoms with Crippen molar-refractivity contribution in [3.05, 3.63) is 38.0 Å². The zero-order valence-corrected chi connectivity index (χ0v) is 14.8. The van der Waals surface area contributed by atoms with Crippen molar-refractivity contribution in [3.63, 3.8) is 0 Å². The number of unbranched alkanes of at least 4 members (excludes halogenated alkanes) is 1. The number of ether oxygens (including phenoxy) is 3. The minimum Gasteiger partial charge on any atom is -0.394 e. The second kappa shape index (κ2) is 16.8. The van der Waals surface area contributed by atoms with Gasteiger partial charge in [-0.25, -0.2) is 0 Å². The third kappa shape index (κ3) is 10.7. The molecule has 0 aromatic heterocycles. The lowest BCUT2D eigenvalue weighted by atomic mass is 10.1. The van der Waals surface area contributed by atoms with Crippen LogP contribution in [0.3, 0.4) is 0 Å². The molecule has 0 radical (unpaired) electrons. The molecule has 0 aromatic rings. The largest absolute Gasteiger partial charge is 0.394 e. The van der Waals surface area contributed by atoms with Gasteiger partial charge in [-0.2, -0.15) is 5.48 Å². The first kappa shape index (κ1) is 23.0. The molecule has 0 aliphatic heterocycles. The lowest BCUT2D eigenvalue weighted by Gasteiger charge is -2.32. The Bertz CT molecular complexity index is 325. The van der Waals surface area contributed by atoms with Gasteiger partial charge in [0, 0.05) is 6.54 Å². The smallest absolute Gasteiger partial charge is 0.114 e. The van der Waals surface area contributed by atoms with Crippen molar-refractivity contribution in [3.8, 4) is 0 Å². The van der Waals surface area contributed by atoms with Crippen molar-refractivity contribution in [1.82, 2.24) is 5.48 Å². The van der Waals surface area contributed by atoms with Gasteiger partial charge in [-0.05, 0) is 6.42 Å². The van der Waals surface area contributed by atoms with E-state index in [1.165, 1.54) is 0 Å². The van der Waals surface area contributed by atoms with Gasteiger partial charge in [-0.1, -0.05) is 31.6 Å². The molecule has 0 fully saturated rings. The van der Waals surface area contributed by atoms with E-state index in [0.717, 1.165) is 12.8 Å². The molecule has 2 N–H and O–H groups in total. The van der Waals surface area contributed by atoms with Crippen molar-refractivity contribution in [2.45, 2.75) is 38.1 Å². The minimum absolute atomic E-state index is 0.194. The molecule has 0 aromatic carbocycles. The molecule has 0 bridgehead atoms. The summed E-state index contributed by atoms with van der Waals surface area (Å²) < 4.78 is 17.2. The Hall–Kier alpha value is -1.02. The predicted octanol–water partition coefficient (Wildman–Crippen LogP) is 2.01. The maximum atomic E-state index is 9.65. The highest BCUT2D eigenvalue weighted by Crippen LogP contribution is 2.13. The summed E-state index contributed by atoms with van der Waals surface area (Å²) in [6.07, 6.45) is 5.54. The second-order valence-corrected chi connectivity index (χ2v) is 5.14. The van der Waals surface area contributed by atoms with Gasteiger partial charge >= 0.3 is 0 Å². The van der Waals surface area contributed by atoms with Crippen LogP contribution in [0.25, 0.3) is 0 Å². The van der Waals surface area contributed by atoms with Crippen molar-refractivity contribution in [2.75, 3.05) is 39.6 Å². The van der Waals surface area contributed by atoms with E-state index in [9.17, 15) is 5.11 Å². The fourth-order valence-corrected chi connectivity index (χ4v) is 1.97. The number of hydroxylamine groups is 1. The van der Waals surface area contributed by atoms with Crippen LogP contribution in [-0.2, 0) is 19.0 Å². The van der Waals surface area contributed by atoms with E-state index in [4.69, 9.17) is 19.0 Å². The van der Waals surface area contributed by atoms with E-state index in [1.807, 2.05) is 0 Å². The molecule has 0 heterocycles. The van der Waals surface area contributed by atoms with Crippen LogP contribution in [0, 0.1) is 0 Å². The molecule has 6 nitrogen and oxygen atoms in total. The summed E-state index contributed by atoms with van der Waals surface area (Å²) in [5.74, 6) is 0. The Morgan fingerprint density at radius 2 is 1.54 bits per heavy atom. The standard InChI is InChI=1S/C18H33NO5/c1-5-9-13-24-19-14-16(21-10-6-2)18(23-12-8-4)17(15-20)22-11-7-3/h6-8,16-20H,2-5,9-15H2,1H3/t16-,17+,18+/m0/s1. The third-order valence-electron chi connectivity index (χ3n) is 3.16. The minimum atomic E-state index is -0.546. The molecule has 0 aliphatic rings. The van der Waals surface area contributed by atoms with Crippen LogP contribution >= 0.6 is 0 Å². The van der Waals surface area contributed by atoms with Gasteiger partial charge in [0.25, 0.3) is 0 Å². The third-order valence-corrected chi connectivity index (χ3v) is 3.16. The maximum absolute atomic E-state index is 9.65. The summed E-state index contributed by atoms with van der Waals surface area (Å²) in [6.45, 7) is 14.9. The van der Waals surface area contributed by atoms with Crippen molar-refractivity contribution >= 4 is 0 Å². The number of hydrogen-bond acceptors (Lipinski definition) is 6. The zero-order valence-electron chi connectivity index (χ0n) is 14.8. The topological polar surface area (TPSA) is 69.2 Å². The van der Waals surface area contributed by atoms with E-state index < -0.39 is 12.2 Å². The molecule has 0 aliphatic carbocycles. The average molecular weight is 343 g/mol. The molecule has 3 atom stereocenters. The van der Waals surface area contributed by atoms with Crippen molar-refractivity contribution in [1.29, 1.82) is 0 Å². The molecule has 0 saturated heterocycles. The highest BCUT2D eigenvalue weighted by molar-refractivity contribution is 4.84. The van der Waals surface area contributed by atoms with Crippen LogP contribution in [0.1, 0.15) is 19.8 Å². The van der Waals surface area contributed by atoms with Gasteiger partial charge in [-0.15, -0.1) is 19.7 Å². The summed E-state index contributed by atoms with van der Waals surface area (Å²) in [6, 6.07) is 0. The van der Waals surface area contributed by atoms with Gasteiger partial charge in [0.2, 0.25) is 0 Å². The normalized spacial score (nSPS) is 14.8. The van der Waals surface area contributed by atoms with Crippen LogP contribution in [0.2, 0.25) is 0 Å². The number of aliphatic hydroxyl groups is 1. The van der Waals surface area contributed by atoms with E-state index in [0.29, 0.717) is 33.0 Å². The molecule has 24 heavy (non-hydrogen) atoms. The Balaban J connectivity index is 4.82. The van der Waals surface area contributed by atoms with Crippen molar-refractivity contribution < 1.29 is 24.2 Å². The first-order valence-electron chi connectivity index (χ1n) is 8.38. The van der Waals surface area contributed by atoms with Gasteiger partial charge < -0.3 is 24.2 Å². The van der Waals surface area contributed by atoms with Crippen LogP contribution < -0.4 is 5.48 Å². The maximum Gasteiger partial charge on any atom is 0.114 e. The van der Waals surface area contributed by atoms with E-state index >= 15 is 0 Å². The number of aliphatic hydroxyl groups excluding tert-OH is 1. The molecule has 0 saturated carbocycles. The van der Waals surface area contributed by atoms with Gasteiger partial charge in [0.15, 0.2) is 0 Å². The Morgan fingerprint density at radius 1 is 0.958 bits per heavy atom.